The number of hydrogen-bond acceptors (Lipinski definition) is 6. The maximum absolute atomic E-state index is 9.90. The van der Waals surface area contributed by atoms with Crippen molar-refractivity contribution in [2.75, 3.05) is 6.61 Å². The van der Waals surface area contributed by atoms with Crippen molar-refractivity contribution in [3.63, 3.8) is 0 Å². The molecule has 0 aromatic rings. The van der Waals surface area contributed by atoms with Gasteiger partial charge in [0.2, 0.25) is 0 Å². The Balaban J connectivity index is 0. The van der Waals surface area contributed by atoms with Gasteiger partial charge < -0.3 is 30.3 Å². The zero-order valence-corrected chi connectivity index (χ0v) is 7.97. The van der Waals surface area contributed by atoms with Gasteiger partial charge in [-0.05, 0) is 0 Å². The van der Waals surface area contributed by atoms with Crippen molar-refractivity contribution in [3.8, 4) is 0 Å². The normalized spacial score (nSPS) is 19.5. The molecule has 0 aromatic carbocycles. The quantitative estimate of drug-likeness (QED) is 0.233. The summed E-state index contributed by atoms with van der Waals surface area (Å²) >= 11 is 0. The second-order valence-electron chi connectivity index (χ2n) is 2.36. The van der Waals surface area contributed by atoms with Gasteiger partial charge in [-0.2, -0.15) is 0 Å². The molecule has 13 heavy (non-hydrogen) atoms. The smallest absolute Gasteiger partial charge is 0.151 e. The largest absolute Gasteiger partial charge is 0.394 e. The number of aliphatic hydroxyl groups excluding tert-OH is 5. The minimum Gasteiger partial charge on any atom is -0.394 e. The van der Waals surface area contributed by atoms with Crippen LogP contribution in [0.2, 0.25) is 0 Å². The number of carbonyl (C=O) groups excluding carboxylic acids is 1. The zero-order chi connectivity index (χ0) is 9.72. The summed E-state index contributed by atoms with van der Waals surface area (Å²) in [5.41, 5.74) is 0. The maximum atomic E-state index is 9.90. The number of hydrogen-bond donors (Lipinski definition) is 5. The molecule has 0 aromatic heterocycles. The van der Waals surface area contributed by atoms with E-state index in [1.54, 1.807) is 0 Å². The molecular formula is C6H12AlO6. The topological polar surface area (TPSA) is 118 Å². The van der Waals surface area contributed by atoms with Crippen LogP contribution in [-0.2, 0) is 4.79 Å². The van der Waals surface area contributed by atoms with Crippen molar-refractivity contribution >= 4 is 23.6 Å². The molecule has 4 atom stereocenters. The Bertz CT molecular complexity index is 143. The van der Waals surface area contributed by atoms with Crippen LogP contribution in [0.15, 0.2) is 0 Å². The third-order valence-electron chi connectivity index (χ3n) is 1.42. The second-order valence-corrected chi connectivity index (χ2v) is 2.36. The first-order valence-corrected chi connectivity index (χ1v) is 3.33. The van der Waals surface area contributed by atoms with E-state index in [2.05, 4.69) is 0 Å². The number of rotatable bonds is 5. The highest BCUT2D eigenvalue weighted by atomic mass is 27.0. The van der Waals surface area contributed by atoms with E-state index in [-0.39, 0.29) is 23.6 Å². The molecule has 0 saturated carbocycles. The van der Waals surface area contributed by atoms with Crippen LogP contribution in [0.1, 0.15) is 0 Å². The summed E-state index contributed by atoms with van der Waals surface area (Å²) in [4.78, 5) is 9.90. The lowest BCUT2D eigenvalue weighted by Crippen LogP contribution is -2.46. The van der Waals surface area contributed by atoms with Gasteiger partial charge in [0.1, 0.15) is 24.4 Å². The van der Waals surface area contributed by atoms with E-state index in [4.69, 9.17) is 25.5 Å². The Labute approximate surface area is 85.6 Å². The third-order valence-corrected chi connectivity index (χ3v) is 1.42. The van der Waals surface area contributed by atoms with Gasteiger partial charge >= 0.3 is 0 Å². The molecule has 0 aliphatic rings. The van der Waals surface area contributed by atoms with Crippen molar-refractivity contribution < 1.29 is 30.3 Å². The van der Waals surface area contributed by atoms with Gasteiger partial charge in [-0.15, -0.1) is 0 Å². The van der Waals surface area contributed by atoms with Crippen molar-refractivity contribution in [2.45, 2.75) is 24.4 Å². The lowest BCUT2D eigenvalue weighted by molar-refractivity contribution is -0.136. The molecule has 0 aliphatic carbocycles. The maximum Gasteiger partial charge on any atom is 0.151 e. The van der Waals surface area contributed by atoms with Crippen LogP contribution in [0.4, 0.5) is 0 Å². The summed E-state index contributed by atoms with van der Waals surface area (Å²) in [7, 11) is 0. The molecule has 0 aliphatic heterocycles. The average Bonchev–Trinajstić information content (AvgIpc) is 2.12. The first kappa shape index (κ1) is 15.5. The summed E-state index contributed by atoms with van der Waals surface area (Å²) in [5, 5.41) is 43.5. The van der Waals surface area contributed by atoms with Crippen molar-refractivity contribution in [1.82, 2.24) is 0 Å². The summed E-state index contributed by atoms with van der Waals surface area (Å²) in [6.07, 6.45) is -6.84. The first-order valence-electron chi connectivity index (χ1n) is 3.33. The lowest BCUT2D eigenvalue weighted by atomic mass is 10.0. The minimum atomic E-state index is -1.79. The molecule has 0 heterocycles. The second kappa shape index (κ2) is 7.41. The Morgan fingerprint density at radius 1 is 1.08 bits per heavy atom. The molecule has 75 valence electrons. The molecule has 0 bridgehead atoms. The van der Waals surface area contributed by atoms with Gasteiger partial charge in [0.25, 0.3) is 0 Å². The highest BCUT2D eigenvalue weighted by Gasteiger charge is 2.29. The van der Waals surface area contributed by atoms with Crippen LogP contribution in [0.3, 0.4) is 0 Å². The molecular weight excluding hydrogens is 195 g/mol. The van der Waals surface area contributed by atoms with Gasteiger partial charge in [-0.3, -0.25) is 0 Å². The van der Waals surface area contributed by atoms with Crippen LogP contribution in [0.25, 0.3) is 0 Å². The lowest BCUT2D eigenvalue weighted by Gasteiger charge is -2.22. The fraction of sp³-hybridized carbons (Fsp3) is 0.833. The van der Waals surface area contributed by atoms with E-state index >= 15 is 0 Å². The molecule has 0 saturated heterocycles. The fourth-order valence-corrected chi connectivity index (χ4v) is 0.618. The summed E-state index contributed by atoms with van der Waals surface area (Å²) in [5.74, 6) is 0. The first-order chi connectivity index (χ1) is 5.54. The highest BCUT2D eigenvalue weighted by Crippen LogP contribution is 2.02. The molecule has 0 rings (SSSR count). The number of aliphatic hydroxyl groups is 5. The monoisotopic (exact) mass is 207 g/mol. The van der Waals surface area contributed by atoms with E-state index in [0.717, 1.165) is 0 Å². The molecule has 0 amide bonds. The van der Waals surface area contributed by atoms with Gasteiger partial charge in [0, 0.05) is 17.4 Å². The molecule has 6 nitrogen and oxygen atoms in total. The molecule has 3 radical (unpaired) electrons. The highest BCUT2D eigenvalue weighted by molar-refractivity contribution is 5.75. The van der Waals surface area contributed by atoms with Crippen LogP contribution < -0.4 is 0 Å². The molecule has 0 fully saturated rings. The molecule has 0 spiro atoms. The Morgan fingerprint density at radius 3 is 1.85 bits per heavy atom. The van der Waals surface area contributed by atoms with E-state index in [1.165, 1.54) is 0 Å². The predicted octanol–water partition coefficient (Wildman–Crippen LogP) is -3.76. The van der Waals surface area contributed by atoms with Crippen LogP contribution in [-0.4, -0.2) is 80.2 Å². The van der Waals surface area contributed by atoms with E-state index in [1.807, 2.05) is 0 Å². The van der Waals surface area contributed by atoms with Crippen LogP contribution in [0, 0.1) is 0 Å². The minimum absolute atomic E-state index is 0. The summed E-state index contributed by atoms with van der Waals surface area (Å²) < 4.78 is 0. The Morgan fingerprint density at radius 2 is 1.54 bits per heavy atom. The van der Waals surface area contributed by atoms with Gasteiger partial charge in [0.15, 0.2) is 6.29 Å². The van der Waals surface area contributed by atoms with E-state index in [9.17, 15) is 4.79 Å². The SMILES string of the molecule is O=C[C@@H](O)[C@H](O)[C@@H](O)[C@H](O)CO.[Al]. The van der Waals surface area contributed by atoms with E-state index < -0.39 is 31.0 Å². The van der Waals surface area contributed by atoms with Crippen molar-refractivity contribution in [3.05, 3.63) is 0 Å². The van der Waals surface area contributed by atoms with Gasteiger partial charge in [0.05, 0.1) is 6.61 Å². The standard InChI is InChI=1S/C6H12O6.Al/c7-1-3(9)5(11)6(12)4(10)2-8;/h1,3-6,8-12H,2H2;/t3-,4-,5+,6+;/m1./s1. The third kappa shape index (κ3) is 4.69. The number of aldehydes is 1. The fourth-order valence-electron chi connectivity index (χ4n) is 0.618. The summed E-state index contributed by atoms with van der Waals surface area (Å²) in [6.45, 7) is -0.760. The van der Waals surface area contributed by atoms with Crippen LogP contribution in [0.5, 0.6) is 0 Å². The van der Waals surface area contributed by atoms with Crippen molar-refractivity contribution in [2.24, 2.45) is 0 Å². The number of carbonyl (C=O) groups is 1. The van der Waals surface area contributed by atoms with Gasteiger partial charge in [-0.25, -0.2) is 0 Å². The average molecular weight is 207 g/mol. The predicted molar refractivity (Wildman–Crippen MR) is 42.9 cm³/mol. The van der Waals surface area contributed by atoms with Crippen LogP contribution >= 0.6 is 0 Å². The molecule has 7 heteroatoms. The zero-order valence-electron chi connectivity index (χ0n) is 6.82. The van der Waals surface area contributed by atoms with Crippen molar-refractivity contribution in [1.29, 1.82) is 0 Å². The Hall–Kier alpha value is 0.00247. The molecule has 0 unspecified atom stereocenters. The van der Waals surface area contributed by atoms with E-state index in [0.29, 0.717) is 0 Å². The van der Waals surface area contributed by atoms with Gasteiger partial charge in [-0.1, -0.05) is 0 Å². The molecule has 5 N–H and O–H groups in total. The Kier molecular flexibility index (Phi) is 8.82. The summed E-state index contributed by atoms with van der Waals surface area (Å²) in [6, 6.07) is 0.